The molecule has 0 spiro atoms. The molecule has 1 N–H and O–H groups in total. The molecule has 0 fully saturated rings. The minimum Gasteiger partial charge on any atom is -0.322 e. The lowest BCUT2D eigenvalue weighted by Crippen LogP contribution is -2.29. The van der Waals surface area contributed by atoms with Gasteiger partial charge >= 0.3 is 0 Å². The van der Waals surface area contributed by atoms with E-state index < -0.39 is 17.5 Å². The number of fused-ring (bicyclic) bond motifs is 1. The summed E-state index contributed by atoms with van der Waals surface area (Å²) in [5, 5.41) is 2.47. The van der Waals surface area contributed by atoms with Gasteiger partial charge in [0.05, 0.1) is 11.1 Å². The molecule has 5 nitrogen and oxygen atoms in total. The first-order valence-electron chi connectivity index (χ1n) is 8.64. The highest BCUT2D eigenvalue weighted by Crippen LogP contribution is 2.28. The molecule has 0 radical (unpaired) electrons. The smallest absolute Gasteiger partial charge is 0.259 e. The number of rotatable bonds is 3. The van der Waals surface area contributed by atoms with Crippen LogP contribution < -0.4 is 10.2 Å². The number of nitrogens with one attached hydrogen (secondary N) is 1. The summed E-state index contributed by atoms with van der Waals surface area (Å²) in [7, 11) is 0. The summed E-state index contributed by atoms with van der Waals surface area (Å²) >= 11 is 0. The fraction of sp³-hybridized carbons (Fsp3) is 0.0952. The number of amides is 2. The van der Waals surface area contributed by atoms with E-state index in [0.717, 1.165) is 29.8 Å². The summed E-state index contributed by atoms with van der Waals surface area (Å²) < 4.78 is 26.3. The van der Waals surface area contributed by atoms with Gasteiger partial charge in [-0.25, -0.2) is 8.78 Å². The first-order chi connectivity index (χ1) is 13.5. The molecule has 0 bridgehead atoms. The van der Waals surface area contributed by atoms with Crippen molar-refractivity contribution in [1.29, 1.82) is 0 Å². The highest BCUT2D eigenvalue weighted by Gasteiger charge is 2.25. The Kier molecular flexibility index (Phi) is 4.57. The average molecular weight is 379 g/mol. The molecule has 28 heavy (non-hydrogen) atoms. The Morgan fingerprint density at radius 3 is 2.57 bits per heavy atom. The highest BCUT2D eigenvalue weighted by molar-refractivity contribution is 6.10. The Morgan fingerprint density at radius 1 is 0.964 bits per heavy atom. The number of para-hydroxylation sites is 1. The Hall–Kier alpha value is -3.61. The largest absolute Gasteiger partial charge is 0.322 e. The maximum atomic E-state index is 13.3. The Bertz CT molecular complexity index is 1080. The van der Waals surface area contributed by atoms with Crippen molar-refractivity contribution < 1.29 is 18.4 Å². The predicted octanol–water partition coefficient (Wildman–Crippen LogP) is 3.82. The van der Waals surface area contributed by atoms with E-state index >= 15 is 0 Å². The summed E-state index contributed by atoms with van der Waals surface area (Å²) in [5.74, 6) is -2.89. The minimum absolute atomic E-state index is 0.106. The molecule has 0 atom stereocenters. The normalized spacial score (nSPS) is 12.6. The van der Waals surface area contributed by atoms with Crippen LogP contribution in [0.3, 0.4) is 0 Å². The van der Waals surface area contributed by atoms with Crippen LogP contribution in [0.5, 0.6) is 0 Å². The number of aromatic nitrogens is 1. The molecule has 1 aliphatic rings. The van der Waals surface area contributed by atoms with Crippen LogP contribution in [-0.4, -0.2) is 23.3 Å². The second-order valence-corrected chi connectivity index (χ2v) is 6.38. The lowest BCUT2D eigenvalue weighted by Gasteiger charge is -2.17. The van der Waals surface area contributed by atoms with Crippen LogP contribution in [0.1, 0.15) is 26.3 Å². The van der Waals surface area contributed by atoms with E-state index in [2.05, 4.69) is 10.3 Å². The van der Waals surface area contributed by atoms with Gasteiger partial charge in [0.15, 0.2) is 11.6 Å². The van der Waals surface area contributed by atoms with Crippen molar-refractivity contribution in [3.63, 3.8) is 0 Å². The molecule has 0 saturated heterocycles. The molecule has 140 valence electrons. The topological polar surface area (TPSA) is 62.3 Å². The number of hydrogen-bond donors (Lipinski definition) is 1. The van der Waals surface area contributed by atoms with Crippen molar-refractivity contribution >= 4 is 23.2 Å². The van der Waals surface area contributed by atoms with Crippen LogP contribution in [0.15, 0.2) is 60.9 Å². The van der Waals surface area contributed by atoms with Crippen molar-refractivity contribution in [3.8, 4) is 0 Å². The molecule has 0 aliphatic carbocycles. The van der Waals surface area contributed by atoms with Gasteiger partial charge in [-0.15, -0.1) is 0 Å². The van der Waals surface area contributed by atoms with Gasteiger partial charge in [-0.1, -0.05) is 18.2 Å². The van der Waals surface area contributed by atoms with Gasteiger partial charge in [0, 0.05) is 36.4 Å². The summed E-state index contributed by atoms with van der Waals surface area (Å²) in [4.78, 5) is 30.9. The van der Waals surface area contributed by atoms with E-state index in [1.807, 2.05) is 24.3 Å². The first-order valence-corrected chi connectivity index (χ1v) is 8.64. The molecule has 1 aliphatic heterocycles. The summed E-state index contributed by atoms with van der Waals surface area (Å²) in [6.07, 6.45) is 3.48. The third-order valence-electron chi connectivity index (χ3n) is 4.56. The maximum absolute atomic E-state index is 13.3. The van der Waals surface area contributed by atoms with Crippen LogP contribution in [-0.2, 0) is 6.42 Å². The lowest BCUT2D eigenvalue weighted by molar-refractivity contribution is 0.0989. The second-order valence-electron chi connectivity index (χ2n) is 6.38. The number of carbonyl (C=O) groups excluding carboxylic acids is 2. The second kappa shape index (κ2) is 7.19. The van der Waals surface area contributed by atoms with Gasteiger partial charge in [0.2, 0.25) is 0 Å². The molecular formula is C21H15F2N3O2. The third-order valence-corrected chi connectivity index (χ3v) is 4.56. The zero-order valence-electron chi connectivity index (χ0n) is 14.7. The Labute approximate surface area is 159 Å². The van der Waals surface area contributed by atoms with Crippen LogP contribution in [0.25, 0.3) is 0 Å². The first kappa shape index (κ1) is 17.8. The van der Waals surface area contributed by atoms with Crippen LogP contribution >= 0.6 is 0 Å². The number of pyridine rings is 1. The van der Waals surface area contributed by atoms with E-state index in [9.17, 15) is 18.4 Å². The molecule has 3 aromatic rings. The molecule has 0 saturated carbocycles. The lowest BCUT2D eigenvalue weighted by atomic mass is 10.1. The number of carbonyl (C=O) groups is 2. The third kappa shape index (κ3) is 3.34. The molecule has 2 amide bonds. The molecule has 2 aromatic carbocycles. The predicted molar refractivity (Wildman–Crippen MR) is 100 cm³/mol. The Balaban J connectivity index is 1.55. The van der Waals surface area contributed by atoms with Gasteiger partial charge in [-0.2, -0.15) is 0 Å². The molecule has 7 heteroatoms. The van der Waals surface area contributed by atoms with Crippen molar-refractivity contribution in [2.45, 2.75) is 6.42 Å². The maximum Gasteiger partial charge on any atom is 0.259 e. The van der Waals surface area contributed by atoms with E-state index in [4.69, 9.17) is 0 Å². The minimum atomic E-state index is -1.06. The van der Waals surface area contributed by atoms with Gasteiger partial charge in [-0.3, -0.25) is 14.6 Å². The Morgan fingerprint density at radius 2 is 1.75 bits per heavy atom. The number of benzene rings is 2. The van der Waals surface area contributed by atoms with Gasteiger partial charge in [-0.05, 0) is 36.2 Å². The van der Waals surface area contributed by atoms with Crippen LogP contribution in [0, 0.1) is 11.6 Å². The summed E-state index contributed by atoms with van der Waals surface area (Å²) in [5.41, 5.74) is 2.46. The van der Waals surface area contributed by atoms with Crippen molar-refractivity contribution in [2.75, 3.05) is 16.8 Å². The SMILES string of the molecule is O=C(Nc1ccc(F)c(F)c1)c1cncc(C(=O)N2CCc3ccccc32)c1. The number of nitrogens with zero attached hydrogens (tertiary/aromatic N) is 2. The van der Waals surface area contributed by atoms with Crippen molar-refractivity contribution in [3.05, 3.63) is 89.2 Å². The van der Waals surface area contributed by atoms with E-state index in [-0.39, 0.29) is 22.7 Å². The van der Waals surface area contributed by atoms with Crippen molar-refractivity contribution in [1.82, 2.24) is 4.98 Å². The van der Waals surface area contributed by atoms with E-state index in [1.54, 1.807) is 4.90 Å². The molecule has 4 rings (SSSR count). The molecule has 2 heterocycles. The highest BCUT2D eigenvalue weighted by atomic mass is 19.2. The summed E-state index contributed by atoms with van der Waals surface area (Å²) in [6.45, 7) is 0.559. The standard InChI is InChI=1S/C21H15F2N3O2/c22-17-6-5-16(10-18(17)23)25-20(27)14-9-15(12-24-11-14)21(28)26-8-7-13-3-1-2-4-19(13)26/h1-6,9-12H,7-8H2,(H,25,27). The fourth-order valence-electron chi connectivity index (χ4n) is 3.16. The van der Waals surface area contributed by atoms with Gasteiger partial charge in [0.1, 0.15) is 0 Å². The zero-order chi connectivity index (χ0) is 19.7. The van der Waals surface area contributed by atoms with Crippen molar-refractivity contribution in [2.24, 2.45) is 0 Å². The van der Waals surface area contributed by atoms with E-state index in [1.165, 1.54) is 24.5 Å². The number of halogens is 2. The van der Waals surface area contributed by atoms with Crippen LogP contribution in [0.4, 0.5) is 20.2 Å². The molecule has 0 unspecified atom stereocenters. The molecular weight excluding hydrogens is 364 g/mol. The van der Waals surface area contributed by atoms with Crippen LogP contribution in [0.2, 0.25) is 0 Å². The van der Waals surface area contributed by atoms with E-state index in [0.29, 0.717) is 6.54 Å². The average Bonchev–Trinajstić information content (AvgIpc) is 3.14. The molecule has 1 aromatic heterocycles. The number of anilines is 2. The fourth-order valence-corrected chi connectivity index (χ4v) is 3.16. The monoisotopic (exact) mass is 379 g/mol. The van der Waals surface area contributed by atoms with Gasteiger partial charge in [0.25, 0.3) is 11.8 Å². The zero-order valence-corrected chi connectivity index (χ0v) is 14.7. The number of hydrogen-bond acceptors (Lipinski definition) is 3. The van der Waals surface area contributed by atoms with Gasteiger partial charge < -0.3 is 10.2 Å². The summed E-state index contributed by atoms with van der Waals surface area (Å²) in [6, 6.07) is 12.2. The quantitative estimate of drug-likeness (QED) is 0.753.